The van der Waals surface area contributed by atoms with Crippen LogP contribution in [0, 0.1) is 16.0 Å². The number of hydrogen-bond donors (Lipinski definition) is 1. The van der Waals surface area contributed by atoms with Crippen LogP contribution in [0.1, 0.15) is 28.4 Å². The van der Waals surface area contributed by atoms with Crippen molar-refractivity contribution in [3.63, 3.8) is 0 Å². The number of hydrogen-bond acceptors (Lipinski definition) is 4. The van der Waals surface area contributed by atoms with Crippen LogP contribution < -0.4 is 0 Å². The van der Waals surface area contributed by atoms with Gasteiger partial charge in [-0.1, -0.05) is 60.7 Å². The molecular weight excluding hydrogens is 298 g/mol. The number of nitrogens with zero attached hydrogens (tertiary/aromatic N) is 1. The Hall–Kier alpha value is -3.02. The molecule has 0 bridgehead atoms. The molecule has 0 saturated heterocycles. The number of Topliss-reactive ketones (excluding diaryl/α,β-unsaturated/α-hetero) is 1. The standard InChI is InChI=1S/C17H15NO5/c19-15(12-7-3-1-4-8-12)11-14(17(20)21)16(18(22)23)13-9-5-2-6-10-13/h1-10,14,16H,11H2,(H,20,21)/t14-,16+/m0/s1. The summed E-state index contributed by atoms with van der Waals surface area (Å²) in [4.78, 5) is 34.5. The Morgan fingerprint density at radius 1 is 1.00 bits per heavy atom. The molecule has 2 rings (SSSR count). The lowest BCUT2D eigenvalue weighted by Gasteiger charge is -2.17. The molecule has 0 aliphatic carbocycles. The molecule has 0 aliphatic rings. The summed E-state index contributed by atoms with van der Waals surface area (Å²) in [6.07, 6.45) is -0.431. The minimum Gasteiger partial charge on any atom is -0.481 e. The van der Waals surface area contributed by atoms with Gasteiger partial charge in [-0.05, 0) is 0 Å². The van der Waals surface area contributed by atoms with E-state index in [1.54, 1.807) is 48.5 Å². The topological polar surface area (TPSA) is 97.5 Å². The molecular formula is C17H15NO5. The first-order valence-electron chi connectivity index (χ1n) is 7.00. The molecule has 0 saturated carbocycles. The first kappa shape index (κ1) is 16.4. The number of carboxylic acid groups (broad SMARTS) is 1. The Bertz CT molecular complexity index is 699. The normalized spacial score (nSPS) is 13.0. The number of nitro groups is 1. The SMILES string of the molecule is O=C(C[C@H](C(=O)O)[C@@H](c1ccccc1)[N+](=O)[O-])c1ccccc1. The highest BCUT2D eigenvalue weighted by atomic mass is 16.6. The van der Waals surface area contributed by atoms with Crippen LogP contribution in [-0.4, -0.2) is 21.8 Å². The number of ketones is 1. The number of carboxylic acids is 1. The van der Waals surface area contributed by atoms with E-state index in [1.165, 1.54) is 12.1 Å². The Morgan fingerprint density at radius 3 is 2.00 bits per heavy atom. The van der Waals surface area contributed by atoms with Crippen LogP contribution in [0.2, 0.25) is 0 Å². The summed E-state index contributed by atoms with van der Waals surface area (Å²) in [6.45, 7) is 0. The predicted octanol–water partition coefficient (Wildman–Crippen LogP) is 2.98. The van der Waals surface area contributed by atoms with Crippen molar-refractivity contribution in [3.05, 3.63) is 81.9 Å². The number of carbonyl (C=O) groups is 2. The third-order valence-corrected chi connectivity index (χ3v) is 3.57. The van der Waals surface area contributed by atoms with E-state index in [0.29, 0.717) is 5.56 Å². The molecule has 2 aromatic carbocycles. The minimum atomic E-state index is -1.47. The number of carbonyl (C=O) groups excluding carboxylic acids is 1. The minimum absolute atomic E-state index is 0.269. The van der Waals surface area contributed by atoms with E-state index >= 15 is 0 Å². The predicted molar refractivity (Wildman–Crippen MR) is 82.7 cm³/mol. The lowest BCUT2D eigenvalue weighted by atomic mass is 9.88. The van der Waals surface area contributed by atoms with Crippen molar-refractivity contribution in [2.24, 2.45) is 5.92 Å². The molecule has 118 valence electrons. The van der Waals surface area contributed by atoms with E-state index in [9.17, 15) is 24.8 Å². The smallest absolute Gasteiger partial charge is 0.314 e. The molecule has 0 radical (unpaired) electrons. The zero-order chi connectivity index (χ0) is 16.8. The van der Waals surface area contributed by atoms with Crippen molar-refractivity contribution < 1.29 is 19.6 Å². The average molecular weight is 313 g/mol. The first-order chi connectivity index (χ1) is 11.0. The fraction of sp³-hybridized carbons (Fsp3) is 0.176. The summed E-state index contributed by atoms with van der Waals surface area (Å²) >= 11 is 0. The zero-order valence-electron chi connectivity index (χ0n) is 12.2. The van der Waals surface area contributed by atoms with E-state index in [4.69, 9.17) is 0 Å². The molecule has 2 atom stereocenters. The van der Waals surface area contributed by atoms with Crippen molar-refractivity contribution >= 4 is 11.8 Å². The molecule has 1 N–H and O–H groups in total. The van der Waals surface area contributed by atoms with Gasteiger partial charge in [0.25, 0.3) is 6.04 Å². The maximum Gasteiger partial charge on any atom is 0.314 e. The Kier molecular flexibility index (Phi) is 5.19. The number of aliphatic carboxylic acids is 1. The van der Waals surface area contributed by atoms with Gasteiger partial charge in [-0.15, -0.1) is 0 Å². The molecule has 0 aliphatic heterocycles. The van der Waals surface area contributed by atoms with E-state index in [-0.39, 0.29) is 5.56 Å². The largest absolute Gasteiger partial charge is 0.481 e. The van der Waals surface area contributed by atoms with Crippen LogP contribution >= 0.6 is 0 Å². The lowest BCUT2D eigenvalue weighted by Crippen LogP contribution is -2.30. The van der Waals surface area contributed by atoms with E-state index in [2.05, 4.69) is 0 Å². The fourth-order valence-electron chi connectivity index (χ4n) is 2.43. The van der Waals surface area contributed by atoms with Crippen LogP contribution in [0.25, 0.3) is 0 Å². The van der Waals surface area contributed by atoms with Gasteiger partial charge < -0.3 is 5.11 Å². The lowest BCUT2D eigenvalue weighted by molar-refractivity contribution is -0.536. The van der Waals surface area contributed by atoms with Crippen molar-refractivity contribution in [3.8, 4) is 0 Å². The second-order valence-electron chi connectivity index (χ2n) is 5.08. The Morgan fingerprint density at radius 2 is 1.52 bits per heavy atom. The van der Waals surface area contributed by atoms with Crippen molar-refractivity contribution in [1.82, 2.24) is 0 Å². The average Bonchev–Trinajstić information content (AvgIpc) is 2.55. The quantitative estimate of drug-likeness (QED) is 0.481. The maximum atomic E-state index is 12.2. The molecule has 6 nitrogen and oxygen atoms in total. The van der Waals surface area contributed by atoms with Crippen molar-refractivity contribution in [2.75, 3.05) is 0 Å². The van der Waals surface area contributed by atoms with Crippen molar-refractivity contribution in [1.29, 1.82) is 0 Å². The summed E-state index contributed by atoms with van der Waals surface area (Å²) in [7, 11) is 0. The summed E-state index contributed by atoms with van der Waals surface area (Å²) in [5.74, 6) is -3.22. The van der Waals surface area contributed by atoms with Crippen LogP contribution in [0.4, 0.5) is 0 Å². The number of rotatable bonds is 7. The molecule has 0 heterocycles. The van der Waals surface area contributed by atoms with Gasteiger partial charge in [0, 0.05) is 22.5 Å². The van der Waals surface area contributed by atoms with Crippen molar-refractivity contribution in [2.45, 2.75) is 12.5 Å². The van der Waals surface area contributed by atoms with Gasteiger partial charge >= 0.3 is 5.97 Å². The van der Waals surface area contributed by atoms with Gasteiger partial charge in [-0.2, -0.15) is 0 Å². The first-order valence-corrected chi connectivity index (χ1v) is 7.00. The van der Waals surface area contributed by atoms with Crippen LogP contribution in [0.5, 0.6) is 0 Å². The van der Waals surface area contributed by atoms with Gasteiger partial charge in [-0.3, -0.25) is 19.7 Å². The maximum absolute atomic E-state index is 12.2. The molecule has 0 amide bonds. The van der Waals surface area contributed by atoms with E-state index < -0.39 is 35.1 Å². The van der Waals surface area contributed by atoms with Gasteiger partial charge in [0.15, 0.2) is 5.78 Å². The van der Waals surface area contributed by atoms with E-state index in [0.717, 1.165) is 0 Å². The summed E-state index contributed by atoms with van der Waals surface area (Å²) in [5, 5.41) is 20.8. The third kappa shape index (κ3) is 4.00. The summed E-state index contributed by atoms with van der Waals surface area (Å²) in [6, 6.07) is 14.6. The second-order valence-corrected chi connectivity index (χ2v) is 5.08. The van der Waals surface area contributed by atoms with Crippen LogP contribution in [-0.2, 0) is 4.79 Å². The zero-order valence-corrected chi connectivity index (χ0v) is 12.2. The molecule has 0 aromatic heterocycles. The van der Waals surface area contributed by atoms with Gasteiger partial charge in [0.2, 0.25) is 0 Å². The molecule has 23 heavy (non-hydrogen) atoms. The number of benzene rings is 2. The Labute approximate surface area is 132 Å². The molecule has 0 spiro atoms. The van der Waals surface area contributed by atoms with Crippen LogP contribution in [0.15, 0.2) is 60.7 Å². The molecule has 6 heteroatoms. The van der Waals surface area contributed by atoms with Gasteiger partial charge in [-0.25, -0.2) is 0 Å². The van der Waals surface area contributed by atoms with Crippen LogP contribution in [0.3, 0.4) is 0 Å². The highest BCUT2D eigenvalue weighted by molar-refractivity contribution is 5.98. The van der Waals surface area contributed by atoms with Gasteiger partial charge in [0.1, 0.15) is 5.92 Å². The monoisotopic (exact) mass is 313 g/mol. The Balaban J connectivity index is 2.31. The highest BCUT2D eigenvalue weighted by Crippen LogP contribution is 2.29. The summed E-state index contributed by atoms with van der Waals surface area (Å²) in [5.41, 5.74) is 0.611. The van der Waals surface area contributed by atoms with E-state index in [1.807, 2.05) is 0 Å². The van der Waals surface area contributed by atoms with Gasteiger partial charge in [0.05, 0.1) is 0 Å². The molecule has 0 fully saturated rings. The molecule has 0 unspecified atom stereocenters. The molecule has 2 aromatic rings. The second kappa shape index (κ2) is 7.31. The highest BCUT2D eigenvalue weighted by Gasteiger charge is 2.40. The fourth-order valence-corrected chi connectivity index (χ4v) is 2.43. The summed E-state index contributed by atoms with van der Waals surface area (Å²) < 4.78 is 0. The third-order valence-electron chi connectivity index (χ3n) is 3.57.